The van der Waals surface area contributed by atoms with Crippen LogP contribution in [0.4, 0.5) is 5.82 Å². The Morgan fingerprint density at radius 2 is 1.78 bits per heavy atom. The molecule has 3 aliphatic rings. The fourth-order valence-corrected chi connectivity index (χ4v) is 3.62. The number of hydrogen-bond donors (Lipinski definition) is 0. The zero-order chi connectivity index (χ0) is 15.2. The summed E-state index contributed by atoms with van der Waals surface area (Å²) in [5.74, 6) is 4.50. The van der Waals surface area contributed by atoms with Crippen molar-refractivity contribution in [3.8, 4) is 0 Å². The molecule has 6 nitrogen and oxygen atoms in total. The van der Waals surface area contributed by atoms with Gasteiger partial charge >= 0.3 is 0 Å². The zero-order valence-electron chi connectivity index (χ0n) is 13.3. The average Bonchev–Trinajstić information content (AvgIpc) is 3.54. The molecule has 2 aliphatic carbocycles. The molecule has 2 aromatic rings. The second-order valence-corrected chi connectivity index (χ2v) is 7.14. The van der Waals surface area contributed by atoms with Gasteiger partial charge in [0.15, 0.2) is 0 Å². The Hall–Kier alpha value is -1.98. The van der Waals surface area contributed by atoms with E-state index < -0.39 is 0 Å². The van der Waals surface area contributed by atoms with Crippen LogP contribution < -0.4 is 4.90 Å². The molecule has 0 unspecified atom stereocenters. The van der Waals surface area contributed by atoms with Crippen LogP contribution in [-0.2, 0) is 0 Å². The van der Waals surface area contributed by atoms with Crippen molar-refractivity contribution in [1.82, 2.24) is 24.7 Å². The van der Waals surface area contributed by atoms with Crippen molar-refractivity contribution < 1.29 is 0 Å². The summed E-state index contributed by atoms with van der Waals surface area (Å²) in [6.45, 7) is 2.09. The summed E-state index contributed by atoms with van der Waals surface area (Å²) in [5, 5.41) is 8.57. The van der Waals surface area contributed by atoms with Crippen molar-refractivity contribution in [2.75, 3.05) is 18.0 Å². The molecule has 0 aromatic carbocycles. The lowest BCUT2D eigenvalue weighted by molar-refractivity contribution is 0.463. The lowest BCUT2D eigenvalue weighted by Gasteiger charge is -2.32. The van der Waals surface area contributed by atoms with Crippen LogP contribution in [-0.4, -0.2) is 37.8 Å². The fraction of sp³-hybridized carbons (Fsp3) is 0.647. The molecule has 5 rings (SSSR count). The van der Waals surface area contributed by atoms with Crippen LogP contribution >= 0.6 is 0 Å². The van der Waals surface area contributed by atoms with E-state index in [1.807, 2.05) is 12.5 Å². The molecule has 0 N–H and O–H groups in total. The summed E-state index contributed by atoms with van der Waals surface area (Å²) in [6.07, 6.45) is 11.2. The van der Waals surface area contributed by atoms with Gasteiger partial charge in [0.1, 0.15) is 23.8 Å². The highest BCUT2D eigenvalue weighted by Crippen LogP contribution is 2.40. The molecule has 0 atom stereocenters. The van der Waals surface area contributed by atoms with Crippen molar-refractivity contribution >= 4 is 5.82 Å². The van der Waals surface area contributed by atoms with Gasteiger partial charge in [0.2, 0.25) is 0 Å². The van der Waals surface area contributed by atoms with E-state index in [-0.39, 0.29) is 0 Å². The van der Waals surface area contributed by atoms with E-state index in [9.17, 15) is 0 Å². The molecular formula is C17H22N6. The van der Waals surface area contributed by atoms with Crippen molar-refractivity contribution in [2.45, 2.75) is 56.4 Å². The number of nitrogens with zero attached hydrogens (tertiary/aromatic N) is 6. The van der Waals surface area contributed by atoms with E-state index in [2.05, 4.69) is 30.7 Å². The first-order valence-corrected chi connectivity index (χ1v) is 8.86. The third kappa shape index (κ3) is 2.60. The summed E-state index contributed by atoms with van der Waals surface area (Å²) >= 11 is 0. The molecule has 3 fully saturated rings. The summed E-state index contributed by atoms with van der Waals surface area (Å²) in [7, 11) is 0. The fourth-order valence-electron chi connectivity index (χ4n) is 3.62. The average molecular weight is 310 g/mol. The normalized spacial score (nSPS) is 22.5. The van der Waals surface area contributed by atoms with Gasteiger partial charge in [0, 0.05) is 37.2 Å². The number of rotatable bonds is 4. The predicted octanol–water partition coefficient (Wildman–Crippen LogP) is 2.66. The standard InChI is InChI=1S/C17H22N6/c1-2-12(1)16-18-8-5-15(20-16)22-9-6-13(7-10-22)17-21-19-11-23(17)14-3-4-14/h5,8,11-14H,1-4,6-7,9-10H2. The molecule has 2 saturated carbocycles. The van der Waals surface area contributed by atoms with Gasteiger partial charge in [-0.1, -0.05) is 0 Å². The first kappa shape index (κ1) is 13.5. The first-order valence-electron chi connectivity index (χ1n) is 8.86. The van der Waals surface area contributed by atoms with E-state index in [1.54, 1.807) is 0 Å². The highest BCUT2D eigenvalue weighted by Gasteiger charge is 2.32. The molecule has 23 heavy (non-hydrogen) atoms. The van der Waals surface area contributed by atoms with Crippen LogP contribution in [0.15, 0.2) is 18.6 Å². The van der Waals surface area contributed by atoms with Crippen molar-refractivity contribution in [3.63, 3.8) is 0 Å². The minimum atomic E-state index is 0.541. The number of piperidine rings is 1. The molecule has 1 aliphatic heterocycles. The minimum absolute atomic E-state index is 0.541. The molecule has 0 spiro atoms. The van der Waals surface area contributed by atoms with E-state index in [0.29, 0.717) is 17.9 Å². The molecule has 0 amide bonds. The molecule has 120 valence electrons. The van der Waals surface area contributed by atoms with Crippen LogP contribution in [0.3, 0.4) is 0 Å². The Labute approximate surface area is 136 Å². The van der Waals surface area contributed by atoms with Crippen LogP contribution in [0, 0.1) is 0 Å². The summed E-state index contributed by atoms with van der Waals surface area (Å²) in [6, 6.07) is 2.72. The monoisotopic (exact) mass is 310 g/mol. The lowest BCUT2D eigenvalue weighted by Crippen LogP contribution is -2.34. The van der Waals surface area contributed by atoms with Gasteiger partial charge in [-0.3, -0.25) is 0 Å². The summed E-state index contributed by atoms with van der Waals surface area (Å²) in [5.41, 5.74) is 0. The Kier molecular flexibility index (Phi) is 3.09. The van der Waals surface area contributed by atoms with Crippen LogP contribution in [0.25, 0.3) is 0 Å². The Balaban J connectivity index is 1.28. The maximum atomic E-state index is 4.78. The van der Waals surface area contributed by atoms with Gasteiger partial charge in [-0.2, -0.15) is 0 Å². The van der Waals surface area contributed by atoms with Gasteiger partial charge < -0.3 is 9.47 Å². The second-order valence-electron chi connectivity index (χ2n) is 7.14. The summed E-state index contributed by atoms with van der Waals surface area (Å²) < 4.78 is 2.32. The molecule has 6 heteroatoms. The van der Waals surface area contributed by atoms with E-state index in [1.165, 1.54) is 31.5 Å². The van der Waals surface area contributed by atoms with Crippen molar-refractivity contribution in [1.29, 1.82) is 0 Å². The van der Waals surface area contributed by atoms with E-state index in [4.69, 9.17) is 4.98 Å². The molecule has 1 saturated heterocycles. The molecule has 0 radical (unpaired) electrons. The second kappa shape index (κ2) is 5.28. The van der Waals surface area contributed by atoms with Gasteiger partial charge in [-0.05, 0) is 44.6 Å². The third-order valence-corrected chi connectivity index (χ3v) is 5.33. The SMILES string of the molecule is c1cc(N2CCC(c3nncn3C3CC3)CC2)nc(C2CC2)n1. The van der Waals surface area contributed by atoms with Gasteiger partial charge in [-0.25, -0.2) is 9.97 Å². The Morgan fingerprint density at radius 3 is 2.52 bits per heavy atom. The van der Waals surface area contributed by atoms with Crippen LogP contribution in [0.5, 0.6) is 0 Å². The minimum Gasteiger partial charge on any atom is -0.356 e. The molecule has 2 aromatic heterocycles. The summed E-state index contributed by atoms with van der Waals surface area (Å²) in [4.78, 5) is 11.6. The van der Waals surface area contributed by atoms with E-state index in [0.717, 1.165) is 37.6 Å². The van der Waals surface area contributed by atoms with Crippen molar-refractivity contribution in [2.24, 2.45) is 0 Å². The van der Waals surface area contributed by atoms with E-state index >= 15 is 0 Å². The quantitative estimate of drug-likeness (QED) is 0.869. The highest BCUT2D eigenvalue weighted by atomic mass is 15.3. The first-order chi connectivity index (χ1) is 11.4. The molecular weight excluding hydrogens is 288 g/mol. The number of hydrogen-bond acceptors (Lipinski definition) is 5. The topological polar surface area (TPSA) is 59.7 Å². The maximum absolute atomic E-state index is 4.78. The zero-order valence-corrected chi connectivity index (χ0v) is 13.3. The largest absolute Gasteiger partial charge is 0.356 e. The predicted molar refractivity (Wildman–Crippen MR) is 86.5 cm³/mol. The van der Waals surface area contributed by atoms with Gasteiger partial charge in [0.05, 0.1) is 0 Å². The van der Waals surface area contributed by atoms with Crippen LogP contribution in [0.1, 0.15) is 68.1 Å². The third-order valence-electron chi connectivity index (χ3n) is 5.33. The highest BCUT2D eigenvalue weighted by molar-refractivity contribution is 5.39. The number of anilines is 1. The lowest BCUT2D eigenvalue weighted by atomic mass is 9.96. The van der Waals surface area contributed by atoms with Crippen LogP contribution in [0.2, 0.25) is 0 Å². The maximum Gasteiger partial charge on any atom is 0.136 e. The number of aromatic nitrogens is 5. The van der Waals surface area contributed by atoms with Gasteiger partial charge in [-0.15, -0.1) is 10.2 Å². The Bertz CT molecular complexity index is 695. The van der Waals surface area contributed by atoms with Gasteiger partial charge in [0.25, 0.3) is 0 Å². The molecule has 0 bridgehead atoms. The molecule has 3 heterocycles. The van der Waals surface area contributed by atoms with Crippen molar-refractivity contribution in [3.05, 3.63) is 30.2 Å². The smallest absolute Gasteiger partial charge is 0.136 e. The Morgan fingerprint density at radius 1 is 0.957 bits per heavy atom.